The average molecular weight is 209 g/mol. The van der Waals surface area contributed by atoms with E-state index in [1.807, 2.05) is 7.05 Å². The fraction of sp³-hybridized carbons (Fsp3) is 0.750. The molecule has 1 saturated heterocycles. The molecule has 0 spiro atoms. The number of piperidine rings is 1. The van der Waals surface area contributed by atoms with E-state index >= 15 is 0 Å². The van der Waals surface area contributed by atoms with E-state index in [1.54, 1.807) is 7.11 Å². The second-order valence-electron chi connectivity index (χ2n) is 4.10. The van der Waals surface area contributed by atoms with E-state index in [-0.39, 0.29) is 12.0 Å². The van der Waals surface area contributed by atoms with E-state index < -0.39 is 0 Å². The van der Waals surface area contributed by atoms with Crippen LogP contribution in [0.25, 0.3) is 0 Å². The first-order valence-electron chi connectivity index (χ1n) is 5.36. The van der Waals surface area contributed by atoms with Gasteiger partial charge in [0.25, 0.3) is 0 Å². The summed E-state index contributed by atoms with van der Waals surface area (Å²) < 4.78 is 5.37. The van der Waals surface area contributed by atoms with Gasteiger partial charge in [0.15, 0.2) is 0 Å². The van der Waals surface area contributed by atoms with Crippen molar-refractivity contribution in [1.29, 1.82) is 0 Å². The second-order valence-corrected chi connectivity index (χ2v) is 4.10. The molecule has 0 radical (unpaired) electrons. The second kappa shape index (κ2) is 5.89. The van der Waals surface area contributed by atoms with E-state index in [9.17, 15) is 4.79 Å². The molecular formula is C12H19NO2. The van der Waals surface area contributed by atoms with Crippen molar-refractivity contribution in [1.82, 2.24) is 4.90 Å². The monoisotopic (exact) mass is 209 g/mol. The molecule has 0 N–H and O–H groups in total. The van der Waals surface area contributed by atoms with Gasteiger partial charge < -0.3 is 9.64 Å². The summed E-state index contributed by atoms with van der Waals surface area (Å²) in [6.07, 6.45) is 7.29. The highest BCUT2D eigenvalue weighted by Crippen LogP contribution is 2.20. The van der Waals surface area contributed by atoms with Crippen LogP contribution in [0, 0.1) is 18.3 Å². The van der Waals surface area contributed by atoms with Crippen LogP contribution in [-0.4, -0.2) is 44.0 Å². The Hall–Kier alpha value is -0.850. The number of ether oxygens (including phenoxy) is 1. The highest BCUT2D eigenvalue weighted by atomic mass is 16.5. The van der Waals surface area contributed by atoms with E-state index in [4.69, 9.17) is 11.2 Å². The van der Waals surface area contributed by atoms with Gasteiger partial charge in [-0.15, -0.1) is 12.3 Å². The third-order valence-electron chi connectivity index (χ3n) is 2.99. The van der Waals surface area contributed by atoms with Gasteiger partial charge in [0, 0.05) is 33.0 Å². The van der Waals surface area contributed by atoms with Crippen LogP contribution >= 0.6 is 0 Å². The summed E-state index contributed by atoms with van der Waals surface area (Å²) in [4.78, 5) is 13.9. The Morgan fingerprint density at radius 1 is 1.73 bits per heavy atom. The minimum atomic E-state index is -0.0173. The Morgan fingerprint density at radius 3 is 3.07 bits per heavy atom. The molecule has 0 bridgehead atoms. The molecule has 84 valence electrons. The Morgan fingerprint density at radius 2 is 2.47 bits per heavy atom. The van der Waals surface area contributed by atoms with Crippen LogP contribution in [0.2, 0.25) is 0 Å². The maximum Gasteiger partial charge on any atom is 0.141 e. The predicted octanol–water partition coefficient (Wildman–Crippen LogP) is 0.936. The lowest BCUT2D eigenvalue weighted by Crippen LogP contribution is -2.44. The Kier molecular flexibility index (Phi) is 4.80. The number of nitrogens with zero attached hydrogens (tertiary/aromatic N) is 1. The molecule has 1 aliphatic heterocycles. The molecule has 3 nitrogen and oxygen atoms in total. The van der Waals surface area contributed by atoms with Gasteiger partial charge in [0.1, 0.15) is 5.78 Å². The van der Waals surface area contributed by atoms with Gasteiger partial charge in [0.05, 0.1) is 12.0 Å². The zero-order valence-corrected chi connectivity index (χ0v) is 9.53. The number of carbonyl (C=O) groups is 1. The number of Topliss-reactive ketones (excluding diaryl/α,β-unsaturated/α-hetero) is 1. The summed E-state index contributed by atoms with van der Waals surface area (Å²) in [6.45, 7) is 1.66. The van der Waals surface area contributed by atoms with Crippen molar-refractivity contribution in [3.8, 4) is 12.3 Å². The van der Waals surface area contributed by atoms with E-state index in [0.29, 0.717) is 18.6 Å². The van der Waals surface area contributed by atoms with Crippen LogP contribution in [0.5, 0.6) is 0 Å². The molecule has 1 aliphatic rings. The molecule has 2 atom stereocenters. The number of ketones is 1. The Labute approximate surface area is 91.8 Å². The Balaban J connectivity index is 2.57. The lowest BCUT2D eigenvalue weighted by molar-refractivity contribution is -0.131. The molecule has 0 amide bonds. The quantitative estimate of drug-likeness (QED) is 0.645. The molecule has 15 heavy (non-hydrogen) atoms. The highest BCUT2D eigenvalue weighted by molar-refractivity contribution is 5.82. The molecule has 0 aliphatic carbocycles. The van der Waals surface area contributed by atoms with E-state index in [2.05, 4.69) is 10.8 Å². The molecule has 0 aromatic rings. The van der Waals surface area contributed by atoms with E-state index in [1.165, 1.54) is 0 Å². The van der Waals surface area contributed by atoms with Gasteiger partial charge in [-0.25, -0.2) is 0 Å². The van der Waals surface area contributed by atoms with Crippen molar-refractivity contribution in [3.63, 3.8) is 0 Å². The van der Waals surface area contributed by atoms with Gasteiger partial charge in [0.2, 0.25) is 0 Å². The highest BCUT2D eigenvalue weighted by Gasteiger charge is 2.31. The first-order chi connectivity index (χ1) is 7.19. The fourth-order valence-electron chi connectivity index (χ4n) is 2.05. The number of likely N-dealkylation sites (tertiary alicyclic amines) is 1. The van der Waals surface area contributed by atoms with Crippen LogP contribution in [0.3, 0.4) is 0 Å². The Bertz CT molecular complexity index is 257. The van der Waals surface area contributed by atoms with Gasteiger partial charge in [-0.05, 0) is 13.5 Å². The number of terminal acetylenes is 1. The summed E-state index contributed by atoms with van der Waals surface area (Å²) in [7, 11) is 3.69. The van der Waals surface area contributed by atoms with Crippen LogP contribution in [0.1, 0.15) is 19.3 Å². The normalized spacial score (nSPS) is 24.9. The summed E-state index contributed by atoms with van der Waals surface area (Å²) >= 11 is 0. The summed E-state index contributed by atoms with van der Waals surface area (Å²) in [5.41, 5.74) is 0. The third kappa shape index (κ3) is 3.33. The fourth-order valence-corrected chi connectivity index (χ4v) is 2.05. The first-order valence-corrected chi connectivity index (χ1v) is 5.36. The minimum Gasteiger partial charge on any atom is -0.381 e. The molecule has 3 heteroatoms. The molecule has 1 heterocycles. The van der Waals surface area contributed by atoms with Crippen molar-refractivity contribution < 1.29 is 9.53 Å². The molecule has 2 unspecified atom stereocenters. The van der Waals surface area contributed by atoms with Gasteiger partial charge in [-0.3, -0.25) is 4.79 Å². The van der Waals surface area contributed by atoms with Gasteiger partial charge in [-0.2, -0.15) is 0 Å². The van der Waals surface area contributed by atoms with Crippen LogP contribution in [0.4, 0.5) is 0 Å². The number of hydrogen-bond donors (Lipinski definition) is 0. The zero-order chi connectivity index (χ0) is 11.3. The third-order valence-corrected chi connectivity index (χ3v) is 2.99. The minimum absolute atomic E-state index is 0.00194. The first kappa shape index (κ1) is 12.2. The number of carbonyl (C=O) groups excluding carboxylic acids is 1. The van der Waals surface area contributed by atoms with E-state index in [0.717, 1.165) is 19.5 Å². The molecule has 0 aromatic heterocycles. The van der Waals surface area contributed by atoms with Crippen molar-refractivity contribution in [2.45, 2.75) is 25.4 Å². The largest absolute Gasteiger partial charge is 0.381 e. The smallest absolute Gasteiger partial charge is 0.141 e. The lowest BCUT2D eigenvalue weighted by atomic mass is 9.89. The van der Waals surface area contributed by atoms with Crippen molar-refractivity contribution >= 4 is 5.78 Å². The predicted molar refractivity (Wildman–Crippen MR) is 59.5 cm³/mol. The zero-order valence-electron chi connectivity index (χ0n) is 9.53. The summed E-state index contributed by atoms with van der Waals surface area (Å²) in [6, 6.07) is 0. The van der Waals surface area contributed by atoms with Gasteiger partial charge >= 0.3 is 0 Å². The standard InChI is InChI=1S/C12H19NO2/c1-4-5-6-12(15-3)10-9-13(2)8-7-11(10)14/h1,10,12H,5-9H2,2-3H3. The molecule has 1 fully saturated rings. The lowest BCUT2D eigenvalue weighted by Gasteiger charge is -2.33. The van der Waals surface area contributed by atoms with Crippen LogP contribution < -0.4 is 0 Å². The molecule has 1 rings (SSSR count). The SMILES string of the molecule is C#CCCC(OC)C1CN(C)CCC1=O. The summed E-state index contributed by atoms with van der Waals surface area (Å²) in [5.74, 6) is 2.91. The maximum atomic E-state index is 11.7. The summed E-state index contributed by atoms with van der Waals surface area (Å²) in [5, 5.41) is 0. The molecule has 0 aromatic carbocycles. The van der Waals surface area contributed by atoms with Crippen molar-refractivity contribution in [2.24, 2.45) is 5.92 Å². The van der Waals surface area contributed by atoms with Gasteiger partial charge in [-0.1, -0.05) is 0 Å². The molecule has 0 saturated carbocycles. The maximum absolute atomic E-state index is 11.7. The number of rotatable bonds is 4. The topological polar surface area (TPSA) is 29.5 Å². The number of hydrogen-bond acceptors (Lipinski definition) is 3. The average Bonchev–Trinajstić information content (AvgIpc) is 2.24. The van der Waals surface area contributed by atoms with Crippen LogP contribution in [-0.2, 0) is 9.53 Å². The van der Waals surface area contributed by atoms with Crippen molar-refractivity contribution in [2.75, 3.05) is 27.2 Å². The number of methoxy groups -OCH3 is 1. The molecular weight excluding hydrogens is 190 g/mol. The van der Waals surface area contributed by atoms with Crippen molar-refractivity contribution in [3.05, 3.63) is 0 Å². The van der Waals surface area contributed by atoms with Crippen LogP contribution in [0.15, 0.2) is 0 Å².